The molecule has 3 heterocycles. The normalized spacial score (nSPS) is 21.7. The number of carbonyl (C=O) groups is 2. The Morgan fingerprint density at radius 3 is 2.24 bits per heavy atom. The summed E-state index contributed by atoms with van der Waals surface area (Å²) >= 11 is 0. The van der Waals surface area contributed by atoms with Crippen LogP contribution in [0, 0.1) is 5.92 Å². The molecular weight excluding hydrogens is 540 g/mol. The summed E-state index contributed by atoms with van der Waals surface area (Å²) in [6, 6.07) is 10.2. The largest absolute Gasteiger partial charge is 0.391 e. The summed E-state index contributed by atoms with van der Waals surface area (Å²) in [6.07, 6.45) is 15.4. The van der Waals surface area contributed by atoms with E-state index in [1.54, 1.807) is 41.5 Å². The van der Waals surface area contributed by atoms with Crippen molar-refractivity contribution in [3.8, 4) is 0 Å². The monoisotopic (exact) mass is 582 g/mol. The van der Waals surface area contributed by atoms with E-state index in [-0.39, 0.29) is 23.3 Å². The van der Waals surface area contributed by atoms with Gasteiger partial charge < -0.3 is 10.5 Å². The van der Waals surface area contributed by atoms with Crippen LogP contribution in [0.2, 0.25) is 0 Å². The van der Waals surface area contributed by atoms with Gasteiger partial charge in [-0.25, -0.2) is 13.4 Å². The van der Waals surface area contributed by atoms with E-state index in [0.29, 0.717) is 17.8 Å². The quantitative estimate of drug-likeness (QED) is 0.179. The van der Waals surface area contributed by atoms with Crippen molar-refractivity contribution in [3.05, 3.63) is 66.5 Å². The van der Waals surface area contributed by atoms with Gasteiger partial charge in [0.1, 0.15) is 6.04 Å². The number of carbonyl (C=O) groups excluding carboxylic acids is 2. The van der Waals surface area contributed by atoms with E-state index in [9.17, 15) is 23.1 Å². The fourth-order valence-electron chi connectivity index (χ4n) is 5.58. The molecule has 4 rings (SSSR count). The number of anilines is 1. The molecular formula is C31H42N4O5S. The van der Waals surface area contributed by atoms with Crippen molar-refractivity contribution in [1.82, 2.24) is 14.9 Å². The van der Waals surface area contributed by atoms with Crippen LogP contribution in [0.15, 0.2) is 65.7 Å². The zero-order valence-electron chi connectivity index (χ0n) is 24.0. The maximum atomic E-state index is 13.7. The highest BCUT2D eigenvalue weighted by molar-refractivity contribution is 7.90. The molecule has 0 spiro atoms. The number of aliphatic hydroxyl groups is 1. The van der Waals surface area contributed by atoms with Crippen molar-refractivity contribution in [2.24, 2.45) is 5.92 Å². The minimum absolute atomic E-state index is 0.0712. The molecule has 41 heavy (non-hydrogen) atoms. The number of hydrogen-bond acceptors (Lipinski definition) is 8. The van der Waals surface area contributed by atoms with Crippen LogP contribution in [0.25, 0.3) is 0 Å². The number of imide groups is 1. The molecule has 1 fully saturated rings. The molecule has 0 aliphatic carbocycles. The van der Waals surface area contributed by atoms with E-state index in [0.717, 1.165) is 25.5 Å². The van der Waals surface area contributed by atoms with Crippen LogP contribution in [0.4, 0.5) is 5.69 Å². The number of amides is 2. The average molecular weight is 583 g/mol. The number of pyridine rings is 1. The average Bonchev–Trinajstić information content (AvgIpc) is 3.20. The summed E-state index contributed by atoms with van der Waals surface area (Å²) in [5.74, 6) is -1.38. The molecule has 2 aromatic rings. The van der Waals surface area contributed by atoms with Crippen molar-refractivity contribution in [3.63, 3.8) is 0 Å². The van der Waals surface area contributed by atoms with Crippen LogP contribution in [0.5, 0.6) is 0 Å². The molecule has 222 valence electrons. The molecule has 1 aromatic carbocycles. The van der Waals surface area contributed by atoms with E-state index < -0.39 is 33.9 Å². The lowest BCUT2D eigenvalue weighted by atomic mass is 9.91. The summed E-state index contributed by atoms with van der Waals surface area (Å²) in [5.41, 5.74) is 4.40. The first kappa shape index (κ1) is 30.9. The van der Waals surface area contributed by atoms with Gasteiger partial charge in [-0.05, 0) is 42.8 Å². The highest BCUT2D eigenvalue weighted by atomic mass is 32.2. The third-order valence-electron chi connectivity index (χ3n) is 7.88. The van der Waals surface area contributed by atoms with Gasteiger partial charge in [0.15, 0.2) is 9.84 Å². The first-order chi connectivity index (χ1) is 19.7. The Morgan fingerprint density at radius 1 is 0.927 bits per heavy atom. The number of aromatic nitrogens is 1. The molecule has 0 saturated carbocycles. The fourth-order valence-corrected chi connectivity index (χ4v) is 6.21. The maximum Gasteiger partial charge on any atom is 0.249 e. The predicted molar refractivity (Wildman–Crippen MR) is 158 cm³/mol. The van der Waals surface area contributed by atoms with Gasteiger partial charge in [-0.15, -0.1) is 0 Å². The van der Waals surface area contributed by atoms with Crippen LogP contribution in [0.1, 0.15) is 70.4 Å². The summed E-state index contributed by atoms with van der Waals surface area (Å²) in [4.78, 5) is 32.8. The summed E-state index contributed by atoms with van der Waals surface area (Å²) in [7, 11) is -3.37. The molecule has 9 nitrogen and oxygen atoms in total. The van der Waals surface area contributed by atoms with Gasteiger partial charge in [0, 0.05) is 18.1 Å². The van der Waals surface area contributed by atoms with Crippen molar-refractivity contribution >= 4 is 27.3 Å². The lowest BCUT2D eigenvalue weighted by molar-refractivity contribution is -0.140. The number of aliphatic hydroxyl groups excluding tert-OH is 1. The van der Waals surface area contributed by atoms with Gasteiger partial charge in [0.05, 0.1) is 35.2 Å². The zero-order chi connectivity index (χ0) is 29.4. The number of hydrazine groups is 1. The molecule has 4 atom stereocenters. The molecule has 2 aliphatic rings. The SMILES string of the molecule is CCCCCCCCCC[C@@H](O)[C@H]1C=CC2C(=O)N(Cc3ccccn3)C(=O)[C@H]2N1Nc1ccc(S(C)(=O)=O)cc1. The number of sulfone groups is 1. The van der Waals surface area contributed by atoms with E-state index in [4.69, 9.17) is 0 Å². The second-order valence-corrected chi connectivity index (χ2v) is 13.1. The lowest BCUT2D eigenvalue weighted by Crippen LogP contribution is -2.57. The molecule has 2 amide bonds. The first-order valence-electron chi connectivity index (χ1n) is 14.7. The highest BCUT2D eigenvalue weighted by Crippen LogP contribution is 2.34. The van der Waals surface area contributed by atoms with E-state index in [1.807, 2.05) is 12.1 Å². The van der Waals surface area contributed by atoms with Gasteiger partial charge in [-0.1, -0.05) is 76.5 Å². The number of rotatable bonds is 15. The molecule has 10 heteroatoms. The van der Waals surface area contributed by atoms with Crippen molar-refractivity contribution in [2.75, 3.05) is 11.7 Å². The molecule has 1 unspecified atom stereocenters. The third-order valence-corrected chi connectivity index (χ3v) is 9.01. The summed E-state index contributed by atoms with van der Waals surface area (Å²) in [6.45, 7) is 2.28. The second-order valence-electron chi connectivity index (χ2n) is 11.1. The Labute approximate surface area is 243 Å². The zero-order valence-corrected chi connectivity index (χ0v) is 24.8. The van der Waals surface area contributed by atoms with Gasteiger partial charge in [0.25, 0.3) is 0 Å². The van der Waals surface area contributed by atoms with Gasteiger partial charge in [0.2, 0.25) is 11.8 Å². The number of benzene rings is 1. The molecule has 1 aromatic heterocycles. The third kappa shape index (κ3) is 7.81. The van der Waals surface area contributed by atoms with E-state index in [1.165, 1.54) is 49.1 Å². The highest BCUT2D eigenvalue weighted by Gasteiger charge is 2.53. The van der Waals surface area contributed by atoms with E-state index in [2.05, 4.69) is 17.3 Å². The number of fused-ring (bicyclic) bond motifs is 1. The minimum atomic E-state index is -3.37. The standard InChI is InChI=1S/C31H42N4O5S/c1-3-4-5-6-7-8-9-10-14-28(36)27-20-19-26-29(31(38)34(30(26)37)22-24-13-11-12-21-32-24)35(27)33-23-15-17-25(18-16-23)41(2,39)40/h11-13,15-21,26-29,33,36H,3-10,14,22H2,1-2H3/t26?,27-,28-,29+/m1/s1. The molecule has 0 bridgehead atoms. The number of nitrogens with one attached hydrogen (secondary N) is 1. The molecule has 2 N–H and O–H groups in total. The Balaban J connectivity index is 1.50. The van der Waals surface area contributed by atoms with Gasteiger partial charge in [-0.3, -0.25) is 19.5 Å². The first-order valence-corrected chi connectivity index (χ1v) is 16.6. The predicted octanol–water partition coefficient (Wildman–Crippen LogP) is 4.50. The van der Waals surface area contributed by atoms with Crippen LogP contribution < -0.4 is 5.43 Å². The molecule has 0 radical (unpaired) electrons. The lowest BCUT2D eigenvalue weighted by Gasteiger charge is -2.40. The molecule has 1 saturated heterocycles. The Morgan fingerprint density at radius 2 is 1.61 bits per heavy atom. The number of hydrogen-bond donors (Lipinski definition) is 2. The van der Waals surface area contributed by atoms with Gasteiger partial charge in [-0.2, -0.15) is 0 Å². The van der Waals surface area contributed by atoms with Crippen molar-refractivity contribution in [2.45, 2.75) is 94.3 Å². The Bertz CT molecular complexity index is 1300. The van der Waals surface area contributed by atoms with Crippen LogP contribution in [-0.4, -0.2) is 64.7 Å². The fraction of sp³-hybridized carbons (Fsp3) is 0.516. The topological polar surface area (TPSA) is 120 Å². The Kier molecular flexibility index (Phi) is 10.7. The Hall–Kier alpha value is -3.08. The second kappa shape index (κ2) is 14.2. The van der Waals surface area contributed by atoms with Crippen molar-refractivity contribution < 1.29 is 23.1 Å². The van der Waals surface area contributed by atoms with Crippen LogP contribution in [-0.2, 0) is 26.0 Å². The minimum Gasteiger partial charge on any atom is -0.391 e. The van der Waals surface area contributed by atoms with Crippen LogP contribution in [0.3, 0.4) is 0 Å². The number of nitrogens with zero attached hydrogens (tertiary/aromatic N) is 3. The van der Waals surface area contributed by atoms with Gasteiger partial charge >= 0.3 is 0 Å². The van der Waals surface area contributed by atoms with Crippen molar-refractivity contribution in [1.29, 1.82) is 0 Å². The smallest absolute Gasteiger partial charge is 0.249 e. The summed E-state index contributed by atoms with van der Waals surface area (Å²) < 4.78 is 23.9. The maximum absolute atomic E-state index is 13.7. The van der Waals surface area contributed by atoms with E-state index >= 15 is 0 Å². The summed E-state index contributed by atoms with van der Waals surface area (Å²) in [5, 5.41) is 13.0. The van der Waals surface area contributed by atoms with Crippen LogP contribution >= 0.6 is 0 Å². The number of unbranched alkanes of at least 4 members (excludes halogenated alkanes) is 7. The number of likely N-dealkylation sites (tertiary alicyclic amines) is 1. The molecule has 2 aliphatic heterocycles.